The number of carboxylic acid groups (broad SMARTS) is 1. The number of carboxylic acids is 1. The highest BCUT2D eigenvalue weighted by Crippen LogP contribution is 2.25. The first-order valence-corrected chi connectivity index (χ1v) is 4.16. The molecule has 0 atom stereocenters. The molecule has 0 aliphatic carbocycles. The Kier molecular flexibility index (Phi) is 2.40. The molecule has 0 saturated heterocycles. The number of hydrogen-bond acceptors (Lipinski definition) is 2. The normalized spacial score (nSPS) is 11.6. The van der Waals surface area contributed by atoms with Gasteiger partial charge in [-0.15, -0.1) is 0 Å². The molecule has 0 saturated carbocycles. The standard InChI is InChI=1S/C9H14N2O2/c1-6-4-7(11-10-6)9(2,3)5-8(12)13/h4H,5H2,1-3H3,(H,10,11)(H,12,13). The third-order valence-corrected chi connectivity index (χ3v) is 1.99. The van der Waals surface area contributed by atoms with Crippen LogP contribution in [0.2, 0.25) is 0 Å². The molecule has 1 heterocycles. The molecule has 1 aromatic heterocycles. The maximum atomic E-state index is 10.6. The molecule has 1 aromatic rings. The summed E-state index contributed by atoms with van der Waals surface area (Å²) in [6.07, 6.45) is 0.0945. The van der Waals surface area contributed by atoms with Crippen LogP contribution in [0.1, 0.15) is 31.7 Å². The van der Waals surface area contributed by atoms with Gasteiger partial charge < -0.3 is 5.11 Å². The highest BCUT2D eigenvalue weighted by molar-refractivity contribution is 5.68. The average molecular weight is 182 g/mol. The zero-order valence-electron chi connectivity index (χ0n) is 8.09. The van der Waals surface area contributed by atoms with Crippen molar-refractivity contribution in [1.82, 2.24) is 10.2 Å². The fourth-order valence-corrected chi connectivity index (χ4v) is 1.23. The van der Waals surface area contributed by atoms with E-state index in [0.29, 0.717) is 0 Å². The molecular weight excluding hydrogens is 168 g/mol. The minimum atomic E-state index is -0.800. The number of rotatable bonds is 3. The summed E-state index contributed by atoms with van der Waals surface area (Å²) in [6, 6.07) is 1.88. The minimum absolute atomic E-state index is 0.0945. The Balaban J connectivity index is 2.86. The number of aromatic nitrogens is 2. The summed E-state index contributed by atoms with van der Waals surface area (Å²) in [5.41, 5.74) is 1.34. The number of H-pyrrole nitrogens is 1. The van der Waals surface area contributed by atoms with Gasteiger partial charge in [-0.05, 0) is 13.0 Å². The zero-order valence-corrected chi connectivity index (χ0v) is 8.09. The van der Waals surface area contributed by atoms with Gasteiger partial charge in [0, 0.05) is 11.1 Å². The highest BCUT2D eigenvalue weighted by Gasteiger charge is 2.26. The van der Waals surface area contributed by atoms with Gasteiger partial charge in [-0.1, -0.05) is 13.8 Å². The molecule has 13 heavy (non-hydrogen) atoms. The van der Waals surface area contributed by atoms with Crippen LogP contribution in [0.25, 0.3) is 0 Å². The molecule has 1 rings (SSSR count). The first-order valence-electron chi connectivity index (χ1n) is 4.16. The smallest absolute Gasteiger partial charge is 0.304 e. The summed E-state index contributed by atoms with van der Waals surface area (Å²) in [5.74, 6) is -0.800. The Morgan fingerprint density at radius 1 is 1.69 bits per heavy atom. The van der Waals surface area contributed by atoms with E-state index >= 15 is 0 Å². The van der Waals surface area contributed by atoms with Gasteiger partial charge in [0.15, 0.2) is 0 Å². The maximum absolute atomic E-state index is 10.6. The van der Waals surface area contributed by atoms with Crippen molar-refractivity contribution in [3.05, 3.63) is 17.5 Å². The van der Waals surface area contributed by atoms with Crippen LogP contribution in [0.5, 0.6) is 0 Å². The fraction of sp³-hybridized carbons (Fsp3) is 0.556. The summed E-state index contributed by atoms with van der Waals surface area (Å²) in [6.45, 7) is 5.64. The van der Waals surface area contributed by atoms with Gasteiger partial charge in [0.2, 0.25) is 0 Å². The second-order valence-electron chi connectivity index (χ2n) is 3.89. The number of aliphatic carboxylic acids is 1. The Bertz CT molecular complexity index is 315. The first kappa shape index (κ1) is 9.77. The van der Waals surface area contributed by atoms with Crippen LogP contribution < -0.4 is 0 Å². The monoisotopic (exact) mass is 182 g/mol. The molecule has 0 fully saturated rings. The lowest BCUT2D eigenvalue weighted by atomic mass is 9.86. The lowest BCUT2D eigenvalue weighted by molar-refractivity contribution is -0.138. The summed E-state index contributed by atoms with van der Waals surface area (Å²) < 4.78 is 0. The van der Waals surface area contributed by atoms with Crippen molar-refractivity contribution in [2.75, 3.05) is 0 Å². The summed E-state index contributed by atoms with van der Waals surface area (Å²) in [5, 5.41) is 15.5. The van der Waals surface area contributed by atoms with E-state index < -0.39 is 11.4 Å². The number of nitrogens with one attached hydrogen (secondary N) is 1. The maximum Gasteiger partial charge on any atom is 0.304 e. The Labute approximate surface area is 77.0 Å². The third kappa shape index (κ3) is 2.31. The molecule has 0 spiro atoms. The quantitative estimate of drug-likeness (QED) is 0.743. The topological polar surface area (TPSA) is 66.0 Å². The molecule has 4 heteroatoms. The first-order chi connectivity index (χ1) is 5.92. The van der Waals surface area contributed by atoms with Crippen LogP contribution in [0, 0.1) is 6.92 Å². The lowest BCUT2D eigenvalue weighted by Gasteiger charge is -2.18. The Hall–Kier alpha value is -1.32. The number of aryl methyl sites for hydroxylation is 1. The second-order valence-corrected chi connectivity index (χ2v) is 3.89. The number of aromatic amines is 1. The molecule has 0 unspecified atom stereocenters. The third-order valence-electron chi connectivity index (χ3n) is 1.99. The largest absolute Gasteiger partial charge is 0.481 e. The van der Waals surface area contributed by atoms with Gasteiger partial charge in [0.1, 0.15) is 0 Å². The molecule has 0 amide bonds. The molecule has 4 nitrogen and oxygen atoms in total. The van der Waals surface area contributed by atoms with Crippen molar-refractivity contribution in [3.8, 4) is 0 Å². The van der Waals surface area contributed by atoms with E-state index in [0.717, 1.165) is 11.4 Å². The van der Waals surface area contributed by atoms with Crippen molar-refractivity contribution >= 4 is 5.97 Å². The van der Waals surface area contributed by atoms with Crippen molar-refractivity contribution in [2.45, 2.75) is 32.6 Å². The van der Waals surface area contributed by atoms with Crippen LogP contribution in [0.15, 0.2) is 6.07 Å². The molecule has 0 aromatic carbocycles. The molecule has 0 radical (unpaired) electrons. The number of nitrogens with zero attached hydrogens (tertiary/aromatic N) is 1. The van der Waals surface area contributed by atoms with Gasteiger partial charge in [0.05, 0.1) is 12.1 Å². The average Bonchev–Trinajstić information content (AvgIpc) is 2.32. The van der Waals surface area contributed by atoms with Crippen LogP contribution in [0.3, 0.4) is 0 Å². The van der Waals surface area contributed by atoms with Gasteiger partial charge in [-0.25, -0.2) is 0 Å². The second kappa shape index (κ2) is 3.20. The van der Waals surface area contributed by atoms with E-state index in [1.807, 2.05) is 26.8 Å². The molecule has 0 aliphatic rings. The van der Waals surface area contributed by atoms with Gasteiger partial charge in [0.25, 0.3) is 0 Å². The summed E-state index contributed by atoms with van der Waals surface area (Å²) in [4.78, 5) is 10.6. The molecular formula is C9H14N2O2. The predicted molar refractivity (Wildman–Crippen MR) is 48.6 cm³/mol. The van der Waals surface area contributed by atoms with E-state index in [9.17, 15) is 4.79 Å². The van der Waals surface area contributed by atoms with Crippen LogP contribution in [-0.2, 0) is 10.2 Å². The predicted octanol–water partition coefficient (Wildman–Crippen LogP) is 1.47. The Morgan fingerprint density at radius 2 is 2.31 bits per heavy atom. The van der Waals surface area contributed by atoms with E-state index in [1.54, 1.807) is 0 Å². The summed E-state index contributed by atoms with van der Waals surface area (Å²) >= 11 is 0. The SMILES string of the molecule is Cc1cc(C(C)(C)CC(=O)O)n[nH]1. The van der Waals surface area contributed by atoms with Gasteiger partial charge in [-0.2, -0.15) is 5.10 Å². The summed E-state index contributed by atoms with van der Waals surface area (Å²) in [7, 11) is 0. The minimum Gasteiger partial charge on any atom is -0.481 e. The number of hydrogen-bond donors (Lipinski definition) is 2. The lowest BCUT2D eigenvalue weighted by Crippen LogP contribution is -2.22. The van der Waals surface area contributed by atoms with Crippen LogP contribution in [0.4, 0.5) is 0 Å². The highest BCUT2D eigenvalue weighted by atomic mass is 16.4. The van der Waals surface area contributed by atoms with Crippen molar-refractivity contribution in [1.29, 1.82) is 0 Å². The molecule has 0 aliphatic heterocycles. The Morgan fingerprint density at radius 3 is 2.69 bits per heavy atom. The molecule has 0 bridgehead atoms. The fourth-order valence-electron chi connectivity index (χ4n) is 1.23. The van der Waals surface area contributed by atoms with Crippen LogP contribution >= 0.6 is 0 Å². The van der Waals surface area contributed by atoms with Gasteiger partial charge >= 0.3 is 5.97 Å². The van der Waals surface area contributed by atoms with Crippen molar-refractivity contribution in [2.24, 2.45) is 0 Å². The van der Waals surface area contributed by atoms with E-state index in [1.165, 1.54) is 0 Å². The van der Waals surface area contributed by atoms with Crippen molar-refractivity contribution in [3.63, 3.8) is 0 Å². The zero-order chi connectivity index (χ0) is 10.1. The van der Waals surface area contributed by atoms with E-state index in [2.05, 4.69) is 10.2 Å². The van der Waals surface area contributed by atoms with E-state index in [4.69, 9.17) is 5.11 Å². The van der Waals surface area contributed by atoms with E-state index in [-0.39, 0.29) is 6.42 Å². The molecule has 2 N–H and O–H groups in total. The molecule has 72 valence electrons. The number of carbonyl (C=O) groups is 1. The van der Waals surface area contributed by atoms with Crippen LogP contribution in [-0.4, -0.2) is 21.3 Å². The van der Waals surface area contributed by atoms with Crippen molar-refractivity contribution < 1.29 is 9.90 Å². The van der Waals surface area contributed by atoms with Gasteiger partial charge in [-0.3, -0.25) is 9.89 Å².